The zero-order valence-electron chi connectivity index (χ0n) is 10.1. The smallest absolute Gasteiger partial charge is 0.255 e. The second-order valence-electron chi connectivity index (χ2n) is 4.59. The number of hydrogen-bond acceptors (Lipinski definition) is 2. The maximum absolute atomic E-state index is 12.5. The molecule has 0 saturated carbocycles. The number of hydrogen-bond donors (Lipinski definition) is 1. The first kappa shape index (κ1) is 12.8. The molecule has 3 rings (SSSR count). The predicted octanol–water partition coefficient (Wildman–Crippen LogP) is 3.89. The molecule has 0 saturated heterocycles. The molecular weight excluding hydrogens is 322 g/mol. The second-order valence-corrected chi connectivity index (χ2v) is 5.99. The highest BCUT2D eigenvalue weighted by atomic mass is 79.9. The van der Waals surface area contributed by atoms with Gasteiger partial charge in [-0.05, 0) is 29.3 Å². The molecule has 0 spiro atoms. The van der Waals surface area contributed by atoms with Gasteiger partial charge in [-0.15, -0.1) is 12.6 Å². The Morgan fingerprint density at radius 1 is 1.11 bits per heavy atom. The molecule has 0 aromatic heterocycles. The van der Waals surface area contributed by atoms with Crippen LogP contribution in [0.2, 0.25) is 0 Å². The quantitative estimate of drug-likeness (QED) is 0.785. The first-order valence-corrected chi connectivity index (χ1v) is 7.24. The van der Waals surface area contributed by atoms with Gasteiger partial charge in [-0.25, -0.2) is 0 Å². The van der Waals surface area contributed by atoms with E-state index in [0.717, 1.165) is 4.47 Å². The summed E-state index contributed by atoms with van der Waals surface area (Å²) in [5, 5.41) is 0. The molecule has 1 aliphatic rings. The van der Waals surface area contributed by atoms with Crippen LogP contribution in [0.15, 0.2) is 51.8 Å². The van der Waals surface area contributed by atoms with E-state index in [4.69, 9.17) is 0 Å². The molecule has 2 aromatic carbocycles. The van der Waals surface area contributed by atoms with E-state index in [-0.39, 0.29) is 5.91 Å². The van der Waals surface area contributed by atoms with Gasteiger partial charge in [0.25, 0.3) is 5.91 Å². The Balaban J connectivity index is 1.87. The average Bonchev–Trinajstić information content (AvgIpc) is 2.81. The van der Waals surface area contributed by atoms with Crippen molar-refractivity contribution in [1.82, 2.24) is 4.90 Å². The number of thiol groups is 1. The van der Waals surface area contributed by atoms with E-state index in [9.17, 15) is 4.79 Å². The van der Waals surface area contributed by atoms with Crippen LogP contribution in [0.4, 0.5) is 0 Å². The monoisotopic (exact) mass is 333 g/mol. The minimum Gasteiger partial charge on any atom is -0.330 e. The molecule has 2 nitrogen and oxygen atoms in total. The number of carbonyl (C=O) groups excluding carboxylic acids is 1. The Bertz CT molecular complexity index is 631. The first-order valence-electron chi connectivity index (χ1n) is 6.00. The van der Waals surface area contributed by atoms with Crippen LogP contribution in [0.25, 0.3) is 0 Å². The molecule has 4 heteroatoms. The fraction of sp³-hybridized carbons (Fsp3) is 0.133. The highest BCUT2D eigenvalue weighted by molar-refractivity contribution is 9.10. The number of carbonyl (C=O) groups is 1. The molecule has 0 unspecified atom stereocenters. The molecule has 1 amide bonds. The molecule has 0 aliphatic carbocycles. The highest BCUT2D eigenvalue weighted by Gasteiger charge is 2.24. The van der Waals surface area contributed by atoms with Crippen LogP contribution in [0.1, 0.15) is 21.5 Å². The molecular formula is C15H12BrNOS. The lowest BCUT2D eigenvalue weighted by Gasteiger charge is -2.16. The standard InChI is InChI=1S/C15H12BrNOS/c16-12-5-6-13(14(19)7-12)15(18)17-8-10-3-1-2-4-11(10)9-17/h1-7,19H,8-9H2. The van der Waals surface area contributed by atoms with E-state index in [1.165, 1.54) is 11.1 Å². The Morgan fingerprint density at radius 2 is 1.74 bits per heavy atom. The highest BCUT2D eigenvalue weighted by Crippen LogP contribution is 2.27. The van der Waals surface area contributed by atoms with Crippen molar-refractivity contribution in [3.8, 4) is 0 Å². The average molecular weight is 334 g/mol. The summed E-state index contributed by atoms with van der Waals surface area (Å²) in [6.45, 7) is 1.36. The van der Waals surface area contributed by atoms with Gasteiger partial charge in [-0.1, -0.05) is 40.2 Å². The Kier molecular flexibility index (Phi) is 3.37. The van der Waals surface area contributed by atoms with Crippen molar-refractivity contribution < 1.29 is 4.79 Å². The Labute approximate surface area is 126 Å². The van der Waals surface area contributed by atoms with Crippen LogP contribution < -0.4 is 0 Å². The van der Waals surface area contributed by atoms with E-state index >= 15 is 0 Å². The van der Waals surface area contributed by atoms with E-state index in [1.807, 2.05) is 35.2 Å². The number of rotatable bonds is 1. The van der Waals surface area contributed by atoms with Crippen LogP contribution in [0.3, 0.4) is 0 Å². The molecule has 1 aliphatic heterocycles. The normalized spacial score (nSPS) is 13.5. The van der Waals surface area contributed by atoms with Gasteiger partial charge >= 0.3 is 0 Å². The number of fused-ring (bicyclic) bond motifs is 1. The summed E-state index contributed by atoms with van der Waals surface area (Å²) >= 11 is 7.76. The topological polar surface area (TPSA) is 20.3 Å². The van der Waals surface area contributed by atoms with E-state index in [0.29, 0.717) is 23.5 Å². The lowest BCUT2D eigenvalue weighted by atomic mass is 10.1. The van der Waals surface area contributed by atoms with Gasteiger partial charge < -0.3 is 4.90 Å². The molecule has 0 N–H and O–H groups in total. The maximum atomic E-state index is 12.5. The van der Waals surface area contributed by atoms with Crippen molar-refractivity contribution >= 4 is 34.5 Å². The Hall–Kier alpha value is -1.26. The minimum absolute atomic E-state index is 0.0358. The number of halogens is 1. The lowest BCUT2D eigenvalue weighted by Crippen LogP contribution is -2.25. The molecule has 2 aromatic rings. The zero-order valence-corrected chi connectivity index (χ0v) is 12.6. The van der Waals surface area contributed by atoms with Gasteiger partial charge in [0.2, 0.25) is 0 Å². The van der Waals surface area contributed by atoms with Crippen LogP contribution in [0.5, 0.6) is 0 Å². The fourth-order valence-corrected chi connectivity index (χ4v) is 3.18. The summed E-state index contributed by atoms with van der Waals surface area (Å²) in [4.78, 5) is 15.1. The summed E-state index contributed by atoms with van der Waals surface area (Å²) in [7, 11) is 0. The molecule has 19 heavy (non-hydrogen) atoms. The fourth-order valence-electron chi connectivity index (χ4n) is 2.33. The van der Waals surface area contributed by atoms with Gasteiger partial charge in [-0.3, -0.25) is 4.79 Å². The number of nitrogens with zero attached hydrogens (tertiary/aromatic N) is 1. The summed E-state index contributed by atoms with van der Waals surface area (Å²) in [6, 6.07) is 13.7. The molecule has 96 valence electrons. The third-order valence-corrected chi connectivity index (χ3v) is 4.18. The second kappa shape index (κ2) is 5.02. The van der Waals surface area contributed by atoms with Crippen LogP contribution >= 0.6 is 28.6 Å². The largest absolute Gasteiger partial charge is 0.330 e. The summed E-state index contributed by atoms with van der Waals surface area (Å²) < 4.78 is 0.929. The first-order chi connectivity index (χ1) is 9.15. The van der Waals surface area contributed by atoms with Crippen LogP contribution in [0, 0.1) is 0 Å². The van der Waals surface area contributed by atoms with Crippen molar-refractivity contribution in [2.45, 2.75) is 18.0 Å². The maximum Gasteiger partial charge on any atom is 0.255 e. The molecule has 0 bridgehead atoms. The van der Waals surface area contributed by atoms with Crippen molar-refractivity contribution in [3.05, 3.63) is 63.6 Å². The Morgan fingerprint density at radius 3 is 2.32 bits per heavy atom. The number of amides is 1. The van der Waals surface area contributed by atoms with Crippen molar-refractivity contribution in [2.24, 2.45) is 0 Å². The van der Waals surface area contributed by atoms with Crippen molar-refractivity contribution in [1.29, 1.82) is 0 Å². The van der Waals surface area contributed by atoms with Gasteiger partial charge in [0.15, 0.2) is 0 Å². The van der Waals surface area contributed by atoms with Gasteiger partial charge in [0, 0.05) is 22.5 Å². The summed E-state index contributed by atoms with van der Waals surface area (Å²) in [5.74, 6) is 0.0358. The molecule has 0 atom stereocenters. The molecule has 0 radical (unpaired) electrons. The van der Waals surface area contributed by atoms with Crippen molar-refractivity contribution in [3.63, 3.8) is 0 Å². The third-order valence-electron chi connectivity index (χ3n) is 3.32. The summed E-state index contributed by atoms with van der Waals surface area (Å²) in [6.07, 6.45) is 0. The van der Waals surface area contributed by atoms with E-state index in [2.05, 4.69) is 40.7 Å². The SMILES string of the molecule is O=C(c1ccc(Br)cc1S)N1Cc2ccccc2C1. The van der Waals surface area contributed by atoms with E-state index in [1.54, 1.807) is 0 Å². The van der Waals surface area contributed by atoms with Gasteiger partial charge in [0.1, 0.15) is 0 Å². The van der Waals surface area contributed by atoms with Crippen LogP contribution in [-0.4, -0.2) is 10.8 Å². The van der Waals surface area contributed by atoms with Gasteiger partial charge in [0.05, 0.1) is 5.56 Å². The van der Waals surface area contributed by atoms with Gasteiger partial charge in [-0.2, -0.15) is 0 Å². The third kappa shape index (κ3) is 2.42. The zero-order chi connectivity index (χ0) is 13.4. The number of benzene rings is 2. The summed E-state index contributed by atoms with van der Waals surface area (Å²) in [5.41, 5.74) is 3.11. The molecule has 1 heterocycles. The molecule has 0 fully saturated rings. The van der Waals surface area contributed by atoms with Crippen LogP contribution in [-0.2, 0) is 13.1 Å². The lowest BCUT2D eigenvalue weighted by molar-refractivity contribution is 0.0748. The minimum atomic E-state index is 0.0358. The van der Waals surface area contributed by atoms with E-state index < -0.39 is 0 Å². The van der Waals surface area contributed by atoms with Crippen molar-refractivity contribution in [2.75, 3.05) is 0 Å². The predicted molar refractivity (Wildman–Crippen MR) is 81.4 cm³/mol.